The molecule has 1 aromatic carbocycles. The van der Waals surface area contributed by atoms with Gasteiger partial charge in [0.05, 0.1) is 6.04 Å². The van der Waals surface area contributed by atoms with Crippen LogP contribution in [0.5, 0.6) is 0 Å². The highest BCUT2D eigenvalue weighted by atomic mass is 32.1. The van der Waals surface area contributed by atoms with Gasteiger partial charge < -0.3 is 10.1 Å². The predicted octanol–water partition coefficient (Wildman–Crippen LogP) is 3.49. The Morgan fingerprint density at radius 3 is 2.87 bits per heavy atom. The van der Waals surface area contributed by atoms with Crippen LogP contribution in [0.2, 0.25) is 0 Å². The lowest BCUT2D eigenvalue weighted by Gasteiger charge is -2.27. The standard InChI is InChI=1S/C18H19NO3S/c1-12(22-18(21)16-10-5-11-23-16)17(20)19-15-9-4-7-13-6-2-3-8-14(13)15/h2-3,5-6,8,10-12,15H,4,7,9H2,1H3,(H,19,20)/t12-,15+/m0/s1. The molecule has 1 aromatic heterocycles. The van der Waals surface area contributed by atoms with Crippen molar-refractivity contribution in [2.45, 2.75) is 38.3 Å². The van der Waals surface area contributed by atoms with E-state index < -0.39 is 12.1 Å². The molecule has 2 atom stereocenters. The van der Waals surface area contributed by atoms with Crippen molar-refractivity contribution >= 4 is 23.2 Å². The van der Waals surface area contributed by atoms with Crippen LogP contribution in [0.3, 0.4) is 0 Å². The average Bonchev–Trinajstić information content (AvgIpc) is 3.09. The van der Waals surface area contributed by atoms with Gasteiger partial charge in [-0.15, -0.1) is 11.3 Å². The molecule has 120 valence electrons. The lowest BCUT2D eigenvalue weighted by molar-refractivity contribution is -0.130. The number of aryl methyl sites for hydroxylation is 1. The van der Waals surface area contributed by atoms with E-state index in [2.05, 4.69) is 17.4 Å². The van der Waals surface area contributed by atoms with Gasteiger partial charge in [-0.1, -0.05) is 30.3 Å². The van der Waals surface area contributed by atoms with E-state index in [0.717, 1.165) is 19.3 Å². The van der Waals surface area contributed by atoms with Crippen molar-refractivity contribution in [2.24, 2.45) is 0 Å². The lowest BCUT2D eigenvalue weighted by Crippen LogP contribution is -2.39. The smallest absolute Gasteiger partial charge is 0.349 e. The van der Waals surface area contributed by atoms with E-state index in [1.54, 1.807) is 24.4 Å². The number of hydrogen-bond donors (Lipinski definition) is 1. The van der Waals surface area contributed by atoms with Crippen molar-refractivity contribution in [3.8, 4) is 0 Å². The molecule has 3 rings (SSSR count). The summed E-state index contributed by atoms with van der Waals surface area (Å²) >= 11 is 1.30. The number of hydrogen-bond acceptors (Lipinski definition) is 4. The Balaban J connectivity index is 1.62. The Kier molecular flexibility index (Phi) is 4.76. The summed E-state index contributed by atoms with van der Waals surface area (Å²) in [4.78, 5) is 24.8. The SMILES string of the molecule is C[C@H](OC(=O)c1cccs1)C(=O)N[C@@H]1CCCc2ccccc21. The second-order valence-electron chi connectivity index (χ2n) is 5.68. The summed E-state index contributed by atoms with van der Waals surface area (Å²) < 4.78 is 5.25. The molecule has 1 aliphatic carbocycles. The number of carbonyl (C=O) groups excluding carboxylic acids is 2. The van der Waals surface area contributed by atoms with E-state index in [4.69, 9.17) is 4.74 Å². The summed E-state index contributed by atoms with van der Waals surface area (Å²) in [5, 5.41) is 4.82. The Hall–Kier alpha value is -2.14. The second kappa shape index (κ2) is 6.96. The summed E-state index contributed by atoms with van der Waals surface area (Å²) in [6.07, 6.45) is 2.20. The molecule has 5 heteroatoms. The maximum absolute atomic E-state index is 12.3. The molecule has 0 saturated heterocycles. The molecule has 23 heavy (non-hydrogen) atoms. The van der Waals surface area contributed by atoms with Crippen LogP contribution in [-0.4, -0.2) is 18.0 Å². The zero-order chi connectivity index (χ0) is 16.2. The molecule has 4 nitrogen and oxygen atoms in total. The van der Waals surface area contributed by atoms with Crippen LogP contribution in [-0.2, 0) is 16.0 Å². The molecule has 1 aliphatic rings. The lowest BCUT2D eigenvalue weighted by atomic mass is 9.87. The Bertz CT molecular complexity index is 696. The molecule has 1 heterocycles. The first-order valence-electron chi connectivity index (χ1n) is 7.78. The molecular weight excluding hydrogens is 310 g/mol. The van der Waals surface area contributed by atoms with Crippen LogP contribution >= 0.6 is 11.3 Å². The molecule has 1 N–H and O–H groups in total. The van der Waals surface area contributed by atoms with Gasteiger partial charge in [0.2, 0.25) is 0 Å². The second-order valence-corrected chi connectivity index (χ2v) is 6.62. The van der Waals surface area contributed by atoms with Gasteiger partial charge in [0.15, 0.2) is 6.10 Å². The maximum Gasteiger partial charge on any atom is 0.349 e. The first kappa shape index (κ1) is 15.7. The Labute approximate surface area is 139 Å². The first-order chi connectivity index (χ1) is 11.1. The number of thiophene rings is 1. The van der Waals surface area contributed by atoms with E-state index >= 15 is 0 Å². The summed E-state index contributed by atoms with van der Waals surface area (Å²) in [7, 11) is 0. The molecule has 2 aromatic rings. The van der Waals surface area contributed by atoms with Crippen molar-refractivity contribution in [3.05, 3.63) is 57.8 Å². The zero-order valence-electron chi connectivity index (χ0n) is 13.0. The highest BCUT2D eigenvalue weighted by Gasteiger charge is 2.25. The minimum absolute atomic E-state index is 0.00431. The number of fused-ring (bicyclic) bond motifs is 1. The summed E-state index contributed by atoms with van der Waals surface area (Å²) in [5.74, 6) is -0.705. The third kappa shape index (κ3) is 3.62. The third-order valence-electron chi connectivity index (χ3n) is 4.06. The highest BCUT2D eigenvalue weighted by Crippen LogP contribution is 2.29. The van der Waals surface area contributed by atoms with Crippen molar-refractivity contribution < 1.29 is 14.3 Å². The van der Waals surface area contributed by atoms with Gasteiger partial charge in [-0.2, -0.15) is 0 Å². The quantitative estimate of drug-likeness (QED) is 0.874. The van der Waals surface area contributed by atoms with Gasteiger partial charge in [0.1, 0.15) is 4.88 Å². The number of carbonyl (C=O) groups is 2. The summed E-state index contributed by atoms with van der Waals surface area (Å²) in [6.45, 7) is 1.61. The predicted molar refractivity (Wildman–Crippen MR) is 89.5 cm³/mol. The summed E-state index contributed by atoms with van der Waals surface area (Å²) in [6, 6.07) is 11.6. The van der Waals surface area contributed by atoms with Crippen molar-refractivity contribution in [2.75, 3.05) is 0 Å². The van der Waals surface area contributed by atoms with E-state index in [1.807, 2.05) is 12.1 Å². The number of benzene rings is 1. The van der Waals surface area contributed by atoms with E-state index in [9.17, 15) is 9.59 Å². The molecule has 0 saturated carbocycles. The van der Waals surface area contributed by atoms with Crippen molar-refractivity contribution in [3.63, 3.8) is 0 Å². The molecule has 0 unspecified atom stereocenters. The first-order valence-corrected chi connectivity index (χ1v) is 8.66. The van der Waals surface area contributed by atoms with E-state index in [-0.39, 0.29) is 11.9 Å². The molecule has 0 spiro atoms. The fourth-order valence-corrected chi connectivity index (χ4v) is 3.47. The molecular formula is C18H19NO3S. The van der Waals surface area contributed by atoms with Crippen molar-refractivity contribution in [1.82, 2.24) is 5.32 Å². The number of amides is 1. The van der Waals surface area contributed by atoms with Crippen LogP contribution in [0.4, 0.5) is 0 Å². The van der Waals surface area contributed by atoms with Gasteiger partial charge in [0, 0.05) is 0 Å². The maximum atomic E-state index is 12.3. The molecule has 0 fully saturated rings. The van der Waals surface area contributed by atoms with Crippen LogP contribution in [0.1, 0.15) is 46.6 Å². The van der Waals surface area contributed by atoms with Gasteiger partial charge in [-0.25, -0.2) is 4.79 Å². The minimum Gasteiger partial charge on any atom is -0.448 e. The highest BCUT2D eigenvalue weighted by molar-refractivity contribution is 7.11. The van der Waals surface area contributed by atoms with Crippen LogP contribution in [0, 0.1) is 0 Å². The Morgan fingerprint density at radius 1 is 1.26 bits per heavy atom. The monoisotopic (exact) mass is 329 g/mol. The van der Waals surface area contributed by atoms with Crippen LogP contribution in [0.25, 0.3) is 0 Å². The van der Waals surface area contributed by atoms with Gasteiger partial charge in [0.25, 0.3) is 5.91 Å². The summed E-state index contributed by atoms with van der Waals surface area (Å²) in [5.41, 5.74) is 2.45. The molecule has 1 amide bonds. The molecule has 0 aliphatic heterocycles. The van der Waals surface area contributed by atoms with Gasteiger partial charge in [-0.05, 0) is 48.8 Å². The number of nitrogens with one attached hydrogen (secondary N) is 1. The topological polar surface area (TPSA) is 55.4 Å². The van der Waals surface area contributed by atoms with Gasteiger partial charge in [-0.3, -0.25) is 4.79 Å². The van der Waals surface area contributed by atoms with E-state index in [1.165, 1.54) is 22.5 Å². The van der Waals surface area contributed by atoms with Crippen LogP contribution in [0.15, 0.2) is 41.8 Å². The fourth-order valence-electron chi connectivity index (χ4n) is 2.86. The molecule has 0 bridgehead atoms. The average molecular weight is 329 g/mol. The zero-order valence-corrected chi connectivity index (χ0v) is 13.8. The van der Waals surface area contributed by atoms with Gasteiger partial charge >= 0.3 is 5.97 Å². The van der Waals surface area contributed by atoms with E-state index in [0.29, 0.717) is 4.88 Å². The number of rotatable bonds is 4. The number of ether oxygens (including phenoxy) is 1. The largest absolute Gasteiger partial charge is 0.448 e. The normalized spacial score (nSPS) is 17.9. The number of esters is 1. The third-order valence-corrected chi connectivity index (χ3v) is 4.91. The van der Waals surface area contributed by atoms with Crippen molar-refractivity contribution in [1.29, 1.82) is 0 Å². The van der Waals surface area contributed by atoms with Crippen LogP contribution < -0.4 is 5.32 Å². The fraction of sp³-hybridized carbons (Fsp3) is 0.333. The Morgan fingerprint density at radius 2 is 2.09 bits per heavy atom. The minimum atomic E-state index is -0.807. The molecule has 0 radical (unpaired) electrons.